The molecule has 0 spiro atoms. The normalized spacial score (nSPS) is 14.3. The SMILES string of the molecule is Cc1cc(NC(=O)CSCC(=O)OCC(=O)N2CCCCC2)no1. The molecule has 132 valence electrons. The Hall–Kier alpha value is -2.03. The number of piperidine rings is 1. The van der Waals surface area contributed by atoms with Crippen molar-refractivity contribution in [2.24, 2.45) is 0 Å². The van der Waals surface area contributed by atoms with Crippen LogP contribution in [0, 0.1) is 6.92 Å². The minimum atomic E-state index is -0.504. The van der Waals surface area contributed by atoms with E-state index in [1.165, 1.54) is 0 Å². The van der Waals surface area contributed by atoms with Crippen LogP contribution in [0.3, 0.4) is 0 Å². The molecule has 1 fully saturated rings. The van der Waals surface area contributed by atoms with E-state index in [1.54, 1.807) is 17.9 Å². The summed E-state index contributed by atoms with van der Waals surface area (Å²) in [6.45, 7) is 2.95. The summed E-state index contributed by atoms with van der Waals surface area (Å²) in [5, 5.41) is 6.19. The summed E-state index contributed by atoms with van der Waals surface area (Å²) in [6, 6.07) is 1.60. The van der Waals surface area contributed by atoms with E-state index in [0.29, 0.717) is 11.6 Å². The van der Waals surface area contributed by atoms with E-state index >= 15 is 0 Å². The zero-order chi connectivity index (χ0) is 17.4. The summed E-state index contributed by atoms with van der Waals surface area (Å²) >= 11 is 1.11. The number of carbonyl (C=O) groups excluding carboxylic acids is 3. The molecule has 0 bridgehead atoms. The van der Waals surface area contributed by atoms with Gasteiger partial charge in [0.15, 0.2) is 12.4 Å². The number of nitrogens with one attached hydrogen (secondary N) is 1. The summed E-state index contributed by atoms with van der Waals surface area (Å²) in [4.78, 5) is 36.8. The molecular weight excluding hydrogens is 334 g/mol. The van der Waals surface area contributed by atoms with E-state index in [4.69, 9.17) is 9.26 Å². The maximum Gasteiger partial charge on any atom is 0.316 e. The Bertz CT molecular complexity index is 583. The highest BCUT2D eigenvalue weighted by molar-refractivity contribution is 8.00. The van der Waals surface area contributed by atoms with Crippen molar-refractivity contribution >= 4 is 35.4 Å². The molecule has 0 aromatic carbocycles. The van der Waals surface area contributed by atoms with Crippen LogP contribution in [0.4, 0.5) is 5.82 Å². The number of thioether (sulfide) groups is 1. The van der Waals surface area contributed by atoms with Gasteiger partial charge in [0, 0.05) is 19.2 Å². The van der Waals surface area contributed by atoms with Gasteiger partial charge in [-0.15, -0.1) is 11.8 Å². The molecule has 2 rings (SSSR count). The molecule has 9 heteroatoms. The fraction of sp³-hybridized carbons (Fsp3) is 0.600. The second-order valence-electron chi connectivity index (χ2n) is 5.47. The molecular formula is C15H21N3O5S. The lowest BCUT2D eigenvalue weighted by molar-refractivity contribution is -0.150. The number of esters is 1. The molecule has 8 nitrogen and oxygen atoms in total. The Morgan fingerprint density at radius 2 is 2.04 bits per heavy atom. The number of ether oxygens (including phenoxy) is 1. The number of amides is 2. The Labute approximate surface area is 144 Å². The number of likely N-dealkylation sites (tertiary alicyclic amines) is 1. The third-order valence-corrected chi connectivity index (χ3v) is 4.32. The van der Waals surface area contributed by atoms with Crippen LogP contribution in [0.1, 0.15) is 25.0 Å². The van der Waals surface area contributed by atoms with E-state index in [-0.39, 0.29) is 29.9 Å². The van der Waals surface area contributed by atoms with Crippen molar-refractivity contribution in [2.45, 2.75) is 26.2 Å². The molecule has 2 heterocycles. The predicted molar refractivity (Wildman–Crippen MR) is 88.6 cm³/mol. The minimum absolute atomic E-state index is 0.0124. The summed E-state index contributed by atoms with van der Waals surface area (Å²) < 4.78 is 9.78. The predicted octanol–water partition coefficient (Wildman–Crippen LogP) is 1.21. The van der Waals surface area contributed by atoms with Crippen LogP contribution in [-0.4, -0.2) is 59.0 Å². The van der Waals surface area contributed by atoms with E-state index in [0.717, 1.165) is 44.1 Å². The van der Waals surface area contributed by atoms with Crippen molar-refractivity contribution in [3.05, 3.63) is 11.8 Å². The fourth-order valence-electron chi connectivity index (χ4n) is 2.25. The Balaban J connectivity index is 1.57. The van der Waals surface area contributed by atoms with Crippen molar-refractivity contribution < 1.29 is 23.6 Å². The summed E-state index contributed by atoms with van der Waals surface area (Å²) in [7, 11) is 0. The molecule has 1 aromatic rings. The second kappa shape index (κ2) is 9.31. The van der Waals surface area contributed by atoms with Crippen molar-refractivity contribution in [1.29, 1.82) is 0 Å². The number of nitrogens with zero attached hydrogens (tertiary/aromatic N) is 2. The van der Waals surface area contributed by atoms with Crippen LogP contribution >= 0.6 is 11.8 Å². The molecule has 0 unspecified atom stereocenters. The van der Waals surface area contributed by atoms with Crippen molar-refractivity contribution in [1.82, 2.24) is 10.1 Å². The minimum Gasteiger partial charge on any atom is -0.455 e. The highest BCUT2D eigenvalue weighted by atomic mass is 32.2. The van der Waals surface area contributed by atoms with Gasteiger partial charge in [-0.3, -0.25) is 14.4 Å². The number of carbonyl (C=O) groups is 3. The van der Waals surface area contributed by atoms with Gasteiger partial charge in [0.1, 0.15) is 5.76 Å². The molecule has 1 aromatic heterocycles. The molecule has 1 aliphatic rings. The van der Waals surface area contributed by atoms with Crippen molar-refractivity contribution in [2.75, 3.05) is 36.5 Å². The maximum absolute atomic E-state index is 11.9. The van der Waals surface area contributed by atoms with E-state index in [2.05, 4.69) is 10.5 Å². The summed E-state index contributed by atoms with van der Waals surface area (Å²) in [5.41, 5.74) is 0. The Kier molecular flexibility index (Phi) is 7.10. The first-order valence-corrected chi connectivity index (χ1v) is 8.94. The standard InChI is InChI=1S/C15H21N3O5S/c1-11-7-12(17-23-11)16-13(19)9-24-10-15(21)22-8-14(20)18-5-3-2-4-6-18/h7H,2-6,8-10H2,1H3,(H,16,17,19). The van der Waals surface area contributed by atoms with Gasteiger partial charge in [0.05, 0.1) is 11.5 Å². The zero-order valence-electron chi connectivity index (χ0n) is 13.6. The van der Waals surface area contributed by atoms with Gasteiger partial charge in [0.2, 0.25) is 5.91 Å². The highest BCUT2D eigenvalue weighted by Gasteiger charge is 2.18. The van der Waals surface area contributed by atoms with Crippen LogP contribution in [0.15, 0.2) is 10.6 Å². The average Bonchev–Trinajstić information content (AvgIpc) is 2.98. The van der Waals surface area contributed by atoms with Gasteiger partial charge in [-0.25, -0.2) is 0 Å². The van der Waals surface area contributed by atoms with Gasteiger partial charge in [0.25, 0.3) is 5.91 Å². The number of anilines is 1. The molecule has 0 atom stereocenters. The lowest BCUT2D eigenvalue weighted by atomic mass is 10.1. The summed E-state index contributed by atoms with van der Waals surface area (Å²) in [5.74, 6) is 0.0837. The lowest BCUT2D eigenvalue weighted by Crippen LogP contribution is -2.38. The number of rotatable bonds is 7. The van der Waals surface area contributed by atoms with Gasteiger partial charge in [-0.1, -0.05) is 5.16 Å². The van der Waals surface area contributed by atoms with Crippen LogP contribution in [0.5, 0.6) is 0 Å². The molecule has 0 saturated carbocycles. The number of aryl methyl sites for hydroxylation is 1. The van der Waals surface area contributed by atoms with Gasteiger partial charge < -0.3 is 19.5 Å². The molecule has 24 heavy (non-hydrogen) atoms. The largest absolute Gasteiger partial charge is 0.455 e. The molecule has 1 aliphatic heterocycles. The second-order valence-corrected chi connectivity index (χ2v) is 6.45. The molecule has 1 N–H and O–H groups in total. The number of hydrogen-bond donors (Lipinski definition) is 1. The van der Waals surface area contributed by atoms with Crippen molar-refractivity contribution in [3.8, 4) is 0 Å². The smallest absolute Gasteiger partial charge is 0.316 e. The zero-order valence-corrected chi connectivity index (χ0v) is 14.4. The van der Waals surface area contributed by atoms with Crippen LogP contribution in [0.2, 0.25) is 0 Å². The van der Waals surface area contributed by atoms with Crippen LogP contribution in [0.25, 0.3) is 0 Å². The lowest BCUT2D eigenvalue weighted by Gasteiger charge is -2.26. The molecule has 0 radical (unpaired) electrons. The quantitative estimate of drug-likeness (QED) is 0.734. The molecule has 1 saturated heterocycles. The Morgan fingerprint density at radius 3 is 2.71 bits per heavy atom. The fourth-order valence-corrected chi connectivity index (χ4v) is 2.86. The first-order chi connectivity index (χ1) is 11.5. The first kappa shape index (κ1) is 18.3. The topological polar surface area (TPSA) is 102 Å². The Morgan fingerprint density at radius 1 is 1.29 bits per heavy atom. The highest BCUT2D eigenvalue weighted by Crippen LogP contribution is 2.10. The summed E-state index contributed by atoms with van der Waals surface area (Å²) in [6.07, 6.45) is 3.13. The molecule has 2 amide bonds. The maximum atomic E-state index is 11.9. The van der Waals surface area contributed by atoms with E-state index in [9.17, 15) is 14.4 Å². The molecule has 0 aliphatic carbocycles. The monoisotopic (exact) mass is 355 g/mol. The van der Waals surface area contributed by atoms with E-state index in [1.807, 2.05) is 0 Å². The van der Waals surface area contributed by atoms with E-state index < -0.39 is 5.97 Å². The number of hydrogen-bond acceptors (Lipinski definition) is 7. The van der Waals surface area contributed by atoms with Crippen LogP contribution in [-0.2, 0) is 19.1 Å². The van der Waals surface area contributed by atoms with Gasteiger partial charge in [-0.2, -0.15) is 0 Å². The number of aromatic nitrogens is 1. The average molecular weight is 355 g/mol. The first-order valence-electron chi connectivity index (χ1n) is 7.79. The van der Waals surface area contributed by atoms with Crippen molar-refractivity contribution in [3.63, 3.8) is 0 Å². The third kappa shape index (κ3) is 6.23. The van der Waals surface area contributed by atoms with Crippen LogP contribution < -0.4 is 5.32 Å². The third-order valence-electron chi connectivity index (χ3n) is 3.41. The van der Waals surface area contributed by atoms with Gasteiger partial charge in [-0.05, 0) is 26.2 Å². The van der Waals surface area contributed by atoms with Gasteiger partial charge >= 0.3 is 5.97 Å².